The average molecular weight is 547 g/mol. The van der Waals surface area contributed by atoms with Gasteiger partial charge in [0.15, 0.2) is 5.75 Å². The maximum atomic E-state index is 13.0. The van der Waals surface area contributed by atoms with Crippen LogP contribution in [-0.4, -0.2) is 0 Å². The molecule has 0 radical (unpaired) electrons. The van der Waals surface area contributed by atoms with Crippen molar-refractivity contribution in [3.63, 3.8) is 0 Å². The van der Waals surface area contributed by atoms with E-state index in [1.54, 1.807) is 0 Å². The predicted octanol–water partition coefficient (Wildman–Crippen LogP) is 8.74. The predicted molar refractivity (Wildman–Crippen MR) is 151 cm³/mol. The van der Waals surface area contributed by atoms with Crippen molar-refractivity contribution in [1.82, 2.24) is 0 Å². The van der Waals surface area contributed by atoms with Gasteiger partial charge in [0.25, 0.3) is 5.58 Å². The first kappa shape index (κ1) is 23.2. The highest BCUT2D eigenvalue weighted by molar-refractivity contribution is 7.50. The van der Waals surface area contributed by atoms with Gasteiger partial charge in [-0.25, -0.2) is 0 Å². The van der Waals surface area contributed by atoms with Crippen LogP contribution in [0, 0.1) is 0 Å². The van der Waals surface area contributed by atoms with Gasteiger partial charge in [0.05, 0.1) is 5.56 Å². The van der Waals surface area contributed by atoms with Crippen molar-refractivity contribution in [1.29, 1.82) is 0 Å². The van der Waals surface area contributed by atoms with E-state index in [2.05, 4.69) is 84.9 Å². The fraction of sp³-hybridized carbons (Fsp3) is 0.0909. The first-order valence-corrected chi connectivity index (χ1v) is 14.6. The monoisotopic (exact) mass is 546 g/mol. The fourth-order valence-electron chi connectivity index (χ4n) is 5.71. The molecule has 0 N–H and O–H groups in total. The summed E-state index contributed by atoms with van der Waals surface area (Å²) in [6.45, 7) is 0. The number of hydrogen-bond donors (Lipinski definition) is 0. The van der Waals surface area contributed by atoms with Gasteiger partial charge in [-0.1, -0.05) is 103 Å². The van der Waals surface area contributed by atoms with Gasteiger partial charge in [-0.2, -0.15) is 4.57 Å². The standard InChI is InChI=1S/C33H23O6P/c34-40-37-30-28(29-31(36-35-29)33(39-40)32(30)38-40)25-17-16-24(18-21-10-4-1-5-11-21)26(19-22-12-6-2-7-13-22)27(25)20-23-14-8-3-9-15-23/h1-17H,18-20H2. The van der Waals surface area contributed by atoms with Gasteiger partial charge in [0.1, 0.15) is 0 Å². The first-order valence-electron chi connectivity index (χ1n) is 13.2. The zero-order valence-electron chi connectivity index (χ0n) is 21.3. The van der Waals surface area contributed by atoms with Crippen LogP contribution >= 0.6 is 7.82 Å². The van der Waals surface area contributed by atoms with Gasteiger partial charge in [-0.15, -0.1) is 0 Å². The lowest BCUT2D eigenvalue weighted by atomic mass is 9.83. The van der Waals surface area contributed by atoms with E-state index in [0.29, 0.717) is 34.6 Å². The van der Waals surface area contributed by atoms with Crippen molar-refractivity contribution in [2.75, 3.05) is 0 Å². The Kier molecular flexibility index (Phi) is 5.19. The maximum absolute atomic E-state index is 13.0. The number of phosphoric acid groups is 1. The molecule has 2 aliphatic heterocycles. The average Bonchev–Trinajstić information content (AvgIpc) is 3.48. The third-order valence-corrected chi connectivity index (χ3v) is 8.80. The number of rotatable bonds is 7. The van der Waals surface area contributed by atoms with E-state index < -0.39 is 7.82 Å². The quantitative estimate of drug-likeness (QED) is 0.147. The van der Waals surface area contributed by atoms with Crippen molar-refractivity contribution < 1.29 is 27.3 Å². The molecular weight excluding hydrogens is 523 g/mol. The Hall–Kier alpha value is -4.67. The van der Waals surface area contributed by atoms with E-state index in [1.807, 2.05) is 18.2 Å². The van der Waals surface area contributed by atoms with Gasteiger partial charge >= 0.3 is 7.82 Å². The normalized spacial score (nSPS) is 16.6. The van der Waals surface area contributed by atoms with Gasteiger partial charge in [0.2, 0.25) is 17.1 Å². The van der Waals surface area contributed by atoms with Crippen LogP contribution in [0.2, 0.25) is 0 Å². The first-order chi connectivity index (χ1) is 19.7. The highest BCUT2D eigenvalue weighted by atomic mass is 31.2. The molecule has 0 spiro atoms. The Balaban J connectivity index is 1.38. The second-order valence-corrected chi connectivity index (χ2v) is 11.6. The molecule has 0 aliphatic carbocycles. The molecular formula is C33H23O6P. The van der Waals surface area contributed by atoms with Crippen LogP contribution in [0.4, 0.5) is 0 Å². The van der Waals surface area contributed by atoms with Crippen molar-refractivity contribution in [3.8, 4) is 28.4 Å². The Morgan fingerprint density at radius 3 is 1.60 bits per heavy atom. The molecule has 1 atom stereocenters. The lowest BCUT2D eigenvalue weighted by molar-refractivity contribution is 0.0575. The van der Waals surface area contributed by atoms with Crippen molar-refractivity contribution in [2.24, 2.45) is 0 Å². The molecule has 6 aromatic rings. The summed E-state index contributed by atoms with van der Waals surface area (Å²) in [5.41, 5.74) is 9.74. The van der Waals surface area contributed by atoms with E-state index in [1.165, 1.54) is 27.8 Å². The van der Waals surface area contributed by atoms with E-state index in [4.69, 9.17) is 22.7 Å². The molecule has 5 aromatic carbocycles. The Labute approximate surface area is 230 Å². The Morgan fingerprint density at radius 2 is 1.02 bits per heavy atom. The van der Waals surface area contributed by atoms with Crippen LogP contribution in [0.25, 0.3) is 22.3 Å². The molecule has 0 fully saturated rings. The molecule has 1 unspecified atom stereocenters. The minimum absolute atomic E-state index is 0.282. The molecule has 3 heterocycles. The number of benzene rings is 5. The molecule has 2 bridgehead atoms. The van der Waals surface area contributed by atoms with Gasteiger partial charge < -0.3 is 13.6 Å². The zero-order chi connectivity index (χ0) is 26.7. The fourth-order valence-corrected chi connectivity index (χ4v) is 7.00. The lowest BCUT2D eigenvalue weighted by Crippen LogP contribution is -2.07. The van der Waals surface area contributed by atoms with Crippen LogP contribution in [-0.2, 0) is 23.8 Å². The summed E-state index contributed by atoms with van der Waals surface area (Å²) in [6.07, 6.45) is 2.22. The van der Waals surface area contributed by atoms with Crippen molar-refractivity contribution >= 4 is 19.0 Å². The minimum atomic E-state index is -3.75. The van der Waals surface area contributed by atoms with E-state index >= 15 is 0 Å². The largest absolute Gasteiger partial charge is 0.647 e. The highest BCUT2D eigenvalue weighted by Crippen LogP contribution is 2.73. The Morgan fingerprint density at radius 1 is 0.500 bits per heavy atom. The van der Waals surface area contributed by atoms with E-state index in [9.17, 15) is 4.57 Å². The van der Waals surface area contributed by atoms with Crippen molar-refractivity contribution in [2.45, 2.75) is 19.3 Å². The molecule has 0 saturated carbocycles. The smallest absolute Gasteiger partial charge is 0.381 e. The summed E-state index contributed by atoms with van der Waals surface area (Å²) >= 11 is 0. The second-order valence-electron chi connectivity index (χ2n) is 10.1. The highest BCUT2D eigenvalue weighted by Gasteiger charge is 2.55. The second kappa shape index (κ2) is 8.94. The van der Waals surface area contributed by atoms with Crippen LogP contribution in [0.5, 0.6) is 17.2 Å². The van der Waals surface area contributed by atoms with Crippen LogP contribution in [0.1, 0.15) is 33.4 Å². The molecule has 0 amide bonds. The lowest BCUT2D eigenvalue weighted by Gasteiger charge is -2.22. The van der Waals surface area contributed by atoms with Crippen LogP contribution in [0.15, 0.2) is 112 Å². The molecule has 2 aliphatic rings. The molecule has 196 valence electrons. The van der Waals surface area contributed by atoms with Gasteiger partial charge in [-0.3, -0.25) is 9.15 Å². The SMILES string of the molecule is O=P12Oc3c(c(-c4ccc(Cc5ccccc5)c(Cc5ccccc5)c4Cc4ccccc4)c4ooc4c3O1)O2. The summed E-state index contributed by atoms with van der Waals surface area (Å²) in [6, 6.07) is 35.7. The summed E-state index contributed by atoms with van der Waals surface area (Å²) < 4.78 is 40.6. The third kappa shape index (κ3) is 3.75. The van der Waals surface area contributed by atoms with E-state index in [0.717, 1.165) is 24.0 Å². The molecule has 1 aromatic heterocycles. The molecule has 6 nitrogen and oxygen atoms in total. The maximum Gasteiger partial charge on any atom is 0.647 e. The van der Waals surface area contributed by atoms with Crippen molar-refractivity contribution in [3.05, 3.63) is 137 Å². The molecule has 0 saturated heterocycles. The number of phosphoric ester groups is 1. The molecule has 40 heavy (non-hydrogen) atoms. The van der Waals surface area contributed by atoms with Gasteiger partial charge in [-0.05, 0) is 58.2 Å². The van der Waals surface area contributed by atoms with Gasteiger partial charge in [0, 0.05) is 0 Å². The zero-order valence-corrected chi connectivity index (χ0v) is 22.2. The van der Waals surface area contributed by atoms with E-state index in [-0.39, 0.29) is 5.75 Å². The van der Waals surface area contributed by atoms with Crippen LogP contribution < -0.4 is 13.6 Å². The minimum Gasteiger partial charge on any atom is -0.381 e. The topological polar surface area (TPSA) is 71.0 Å². The number of fused-ring (bicyclic) bond motifs is 3. The van der Waals surface area contributed by atoms with Crippen LogP contribution in [0.3, 0.4) is 0 Å². The Bertz CT molecular complexity index is 1920. The summed E-state index contributed by atoms with van der Waals surface area (Å²) in [7, 11) is -3.75. The third-order valence-electron chi connectivity index (χ3n) is 7.58. The molecule has 8 rings (SSSR count). The molecule has 7 heteroatoms. The number of hydrogen-bond acceptors (Lipinski definition) is 6. The summed E-state index contributed by atoms with van der Waals surface area (Å²) in [5, 5.41) is 0. The summed E-state index contributed by atoms with van der Waals surface area (Å²) in [4.78, 5) is 0. The summed E-state index contributed by atoms with van der Waals surface area (Å²) in [5.74, 6) is 0.968.